The summed E-state index contributed by atoms with van der Waals surface area (Å²) in [5, 5.41) is 13.2. The zero-order valence-electron chi connectivity index (χ0n) is 9.63. The maximum absolute atomic E-state index is 11.2. The van der Waals surface area contributed by atoms with Crippen LogP contribution in [-0.2, 0) is 0 Å². The van der Waals surface area contributed by atoms with Gasteiger partial charge in [0.1, 0.15) is 0 Å². The third-order valence-corrected chi connectivity index (χ3v) is 2.80. The van der Waals surface area contributed by atoms with E-state index in [9.17, 15) is 4.79 Å². The molecule has 0 fully saturated rings. The second kappa shape index (κ2) is 5.22. The molecule has 1 aromatic heterocycles. The van der Waals surface area contributed by atoms with E-state index in [-0.39, 0.29) is 5.56 Å². The molecular weight excluding hydrogens is 300 g/mol. The molecule has 1 aromatic carbocycles. The van der Waals surface area contributed by atoms with Crippen LogP contribution in [0.3, 0.4) is 0 Å². The van der Waals surface area contributed by atoms with Crippen molar-refractivity contribution >= 4 is 21.9 Å². The number of rotatable bonds is 4. The number of aromatic nitrogens is 2. The first-order valence-electron chi connectivity index (χ1n) is 5.32. The first-order chi connectivity index (χ1) is 8.61. The molecular formula is C12H11BrN2O3. The summed E-state index contributed by atoms with van der Waals surface area (Å²) in [6.07, 6.45) is 3.20. The van der Waals surface area contributed by atoms with Gasteiger partial charge in [-0.15, -0.1) is 0 Å². The number of benzene rings is 1. The Labute approximate surface area is 112 Å². The lowest BCUT2D eigenvalue weighted by atomic mass is 10.2. The monoisotopic (exact) mass is 310 g/mol. The highest BCUT2D eigenvalue weighted by atomic mass is 79.9. The molecule has 2 aromatic rings. The first-order valence-corrected chi connectivity index (χ1v) is 6.12. The second-order valence-electron chi connectivity index (χ2n) is 3.52. The van der Waals surface area contributed by atoms with Crippen LogP contribution in [0.4, 0.5) is 0 Å². The van der Waals surface area contributed by atoms with Crippen LogP contribution in [0, 0.1) is 0 Å². The predicted molar refractivity (Wildman–Crippen MR) is 69.4 cm³/mol. The standard InChI is InChI=1S/C12H11BrN2O3/c1-2-18-9-6-14-15(7-9)11-5-8(13)3-4-10(11)12(16)17/h3-7H,2H2,1H3,(H,16,17). The Morgan fingerprint density at radius 1 is 1.56 bits per heavy atom. The number of carbonyl (C=O) groups is 1. The molecule has 0 saturated heterocycles. The molecule has 0 radical (unpaired) electrons. The average Bonchev–Trinajstić information content (AvgIpc) is 2.77. The molecule has 0 spiro atoms. The highest BCUT2D eigenvalue weighted by molar-refractivity contribution is 9.10. The van der Waals surface area contributed by atoms with E-state index in [1.165, 1.54) is 10.7 Å². The molecule has 18 heavy (non-hydrogen) atoms. The fourth-order valence-electron chi connectivity index (χ4n) is 1.55. The van der Waals surface area contributed by atoms with Crippen LogP contribution in [0.15, 0.2) is 35.1 Å². The van der Waals surface area contributed by atoms with Gasteiger partial charge in [-0.2, -0.15) is 5.10 Å². The minimum absolute atomic E-state index is 0.185. The van der Waals surface area contributed by atoms with Gasteiger partial charge in [0.05, 0.1) is 30.3 Å². The Bertz CT molecular complexity index is 580. The summed E-state index contributed by atoms with van der Waals surface area (Å²) in [4.78, 5) is 11.2. The Kier molecular flexibility index (Phi) is 3.66. The summed E-state index contributed by atoms with van der Waals surface area (Å²) in [6.45, 7) is 2.41. The normalized spacial score (nSPS) is 10.3. The van der Waals surface area contributed by atoms with E-state index in [0.29, 0.717) is 18.0 Å². The molecule has 1 N–H and O–H groups in total. The molecule has 0 amide bonds. The molecule has 0 aliphatic rings. The number of hydrogen-bond acceptors (Lipinski definition) is 3. The smallest absolute Gasteiger partial charge is 0.337 e. The fraction of sp³-hybridized carbons (Fsp3) is 0.167. The zero-order chi connectivity index (χ0) is 13.1. The Morgan fingerprint density at radius 3 is 3.00 bits per heavy atom. The minimum atomic E-state index is -0.994. The largest absolute Gasteiger partial charge is 0.491 e. The highest BCUT2D eigenvalue weighted by Gasteiger charge is 2.13. The molecule has 0 bridgehead atoms. The molecule has 0 unspecified atom stereocenters. The van der Waals surface area contributed by atoms with E-state index in [1.807, 2.05) is 6.92 Å². The molecule has 1 heterocycles. The van der Waals surface area contributed by atoms with Crippen molar-refractivity contribution in [2.45, 2.75) is 6.92 Å². The van der Waals surface area contributed by atoms with E-state index >= 15 is 0 Å². The van der Waals surface area contributed by atoms with Gasteiger partial charge in [-0.25, -0.2) is 9.48 Å². The summed E-state index contributed by atoms with van der Waals surface area (Å²) < 4.78 is 7.57. The van der Waals surface area contributed by atoms with Crippen molar-refractivity contribution in [2.75, 3.05) is 6.61 Å². The summed E-state index contributed by atoms with van der Waals surface area (Å²) in [6, 6.07) is 4.91. The summed E-state index contributed by atoms with van der Waals surface area (Å²) >= 11 is 3.31. The number of aromatic carboxylic acids is 1. The molecule has 0 aliphatic carbocycles. The molecule has 2 rings (SSSR count). The van der Waals surface area contributed by atoms with Gasteiger partial charge >= 0.3 is 5.97 Å². The third-order valence-electron chi connectivity index (χ3n) is 2.31. The van der Waals surface area contributed by atoms with Crippen molar-refractivity contribution in [1.29, 1.82) is 0 Å². The van der Waals surface area contributed by atoms with Crippen LogP contribution >= 0.6 is 15.9 Å². The summed E-state index contributed by atoms with van der Waals surface area (Å²) in [5.74, 6) is -0.389. The van der Waals surface area contributed by atoms with Crippen LogP contribution in [0.1, 0.15) is 17.3 Å². The van der Waals surface area contributed by atoms with Gasteiger partial charge < -0.3 is 9.84 Å². The van der Waals surface area contributed by atoms with Crippen molar-refractivity contribution in [3.05, 3.63) is 40.6 Å². The maximum Gasteiger partial charge on any atom is 0.337 e. The summed E-state index contributed by atoms with van der Waals surface area (Å²) in [5.41, 5.74) is 0.673. The van der Waals surface area contributed by atoms with Crippen LogP contribution in [0.2, 0.25) is 0 Å². The van der Waals surface area contributed by atoms with E-state index in [4.69, 9.17) is 9.84 Å². The number of nitrogens with zero attached hydrogens (tertiary/aromatic N) is 2. The van der Waals surface area contributed by atoms with Crippen molar-refractivity contribution < 1.29 is 14.6 Å². The molecule has 0 aliphatic heterocycles. The van der Waals surface area contributed by atoms with Crippen LogP contribution in [0.5, 0.6) is 5.75 Å². The second-order valence-corrected chi connectivity index (χ2v) is 4.44. The lowest BCUT2D eigenvalue weighted by Crippen LogP contribution is -2.05. The fourth-order valence-corrected chi connectivity index (χ4v) is 1.90. The van der Waals surface area contributed by atoms with Crippen molar-refractivity contribution in [3.63, 3.8) is 0 Å². The molecule has 94 valence electrons. The molecule has 5 nitrogen and oxygen atoms in total. The quantitative estimate of drug-likeness (QED) is 0.943. The number of halogens is 1. The van der Waals surface area contributed by atoms with Gasteiger partial charge in [0.15, 0.2) is 5.75 Å². The van der Waals surface area contributed by atoms with Gasteiger partial charge in [-0.3, -0.25) is 0 Å². The van der Waals surface area contributed by atoms with E-state index in [0.717, 1.165) is 4.47 Å². The Morgan fingerprint density at radius 2 is 2.33 bits per heavy atom. The average molecular weight is 311 g/mol. The number of carboxylic acids is 1. The lowest BCUT2D eigenvalue weighted by molar-refractivity contribution is 0.0696. The SMILES string of the molecule is CCOc1cnn(-c2cc(Br)ccc2C(=O)O)c1. The van der Waals surface area contributed by atoms with Gasteiger partial charge in [-0.1, -0.05) is 15.9 Å². The first kappa shape index (κ1) is 12.6. The number of hydrogen-bond donors (Lipinski definition) is 1. The maximum atomic E-state index is 11.2. The van der Waals surface area contributed by atoms with Crippen molar-refractivity contribution in [2.24, 2.45) is 0 Å². The van der Waals surface area contributed by atoms with Gasteiger partial charge in [0.2, 0.25) is 0 Å². The lowest BCUT2D eigenvalue weighted by Gasteiger charge is -2.06. The predicted octanol–water partition coefficient (Wildman–Crippen LogP) is 2.73. The van der Waals surface area contributed by atoms with E-state index in [1.54, 1.807) is 24.5 Å². The number of ether oxygens (including phenoxy) is 1. The van der Waals surface area contributed by atoms with Crippen molar-refractivity contribution in [1.82, 2.24) is 9.78 Å². The molecule has 0 atom stereocenters. The van der Waals surface area contributed by atoms with Crippen LogP contribution in [0.25, 0.3) is 5.69 Å². The van der Waals surface area contributed by atoms with Crippen molar-refractivity contribution in [3.8, 4) is 11.4 Å². The Hall–Kier alpha value is -1.82. The van der Waals surface area contributed by atoms with Gasteiger partial charge in [-0.05, 0) is 25.1 Å². The van der Waals surface area contributed by atoms with Crippen LogP contribution < -0.4 is 4.74 Å². The topological polar surface area (TPSA) is 64.4 Å². The zero-order valence-corrected chi connectivity index (χ0v) is 11.2. The highest BCUT2D eigenvalue weighted by Crippen LogP contribution is 2.22. The van der Waals surface area contributed by atoms with E-state index in [2.05, 4.69) is 21.0 Å². The van der Waals surface area contributed by atoms with Gasteiger partial charge in [0, 0.05) is 4.47 Å². The third kappa shape index (κ3) is 2.53. The van der Waals surface area contributed by atoms with Gasteiger partial charge in [0.25, 0.3) is 0 Å². The van der Waals surface area contributed by atoms with Crippen LogP contribution in [-0.4, -0.2) is 27.5 Å². The Balaban J connectivity index is 2.47. The molecule has 6 heteroatoms. The summed E-state index contributed by atoms with van der Waals surface area (Å²) in [7, 11) is 0. The minimum Gasteiger partial charge on any atom is -0.491 e. The van der Waals surface area contributed by atoms with E-state index < -0.39 is 5.97 Å². The number of carboxylic acid groups (broad SMARTS) is 1. The molecule has 0 saturated carbocycles.